The maximum Gasteiger partial charge on any atom is 0.251 e. The summed E-state index contributed by atoms with van der Waals surface area (Å²) in [6, 6.07) is 10.3. The number of benzene rings is 1. The van der Waals surface area contributed by atoms with Gasteiger partial charge in [0.2, 0.25) is 5.91 Å². The summed E-state index contributed by atoms with van der Waals surface area (Å²) in [4.78, 5) is 25.2. The van der Waals surface area contributed by atoms with E-state index in [2.05, 4.69) is 5.32 Å². The van der Waals surface area contributed by atoms with Crippen molar-refractivity contribution < 1.29 is 14.0 Å². The van der Waals surface area contributed by atoms with Crippen molar-refractivity contribution in [1.82, 2.24) is 10.2 Å². The third kappa shape index (κ3) is 4.63. The van der Waals surface area contributed by atoms with Crippen LogP contribution >= 0.6 is 11.6 Å². The highest BCUT2D eigenvalue weighted by molar-refractivity contribution is 6.30. The molecule has 0 bridgehead atoms. The summed E-state index contributed by atoms with van der Waals surface area (Å²) in [6.07, 6.45) is 1.56. The molecule has 2 rings (SSSR count). The van der Waals surface area contributed by atoms with Gasteiger partial charge < -0.3 is 14.6 Å². The lowest BCUT2D eigenvalue weighted by Crippen LogP contribution is -2.37. The van der Waals surface area contributed by atoms with E-state index in [0.29, 0.717) is 36.0 Å². The molecule has 1 heterocycles. The summed E-state index contributed by atoms with van der Waals surface area (Å²) in [5.41, 5.74) is 0.493. The van der Waals surface area contributed by atoms with Gasteiger partial charge in [-0.05, 0) is 30.3 Å². The lowest BCUT2D eigenvalue weighted by Gasteiger charge is -2.20. The summed E-state index contributed by atoms with van der Waals surface area (Å²) in [5, 5.41) is 3.28. The highest BCUT2D eigenvalue weighted by Crippen LogP contribution is 2.10. The van der Waals surface area contributed by atoms with Crippen molar-refractivity contribution in [2.75, 3.05) is 13.1 Å². The first kappa shape index (κ1) is 16.1. The van der Waals surface area contributed by atoms with Gasteiger partial charge in [-0.15, -0.1) is 0 Å². The maximum absolute atomic E-state index is 12.0. The van der Waals surface area contributed by atoms with E-state index < -0.39 is 0 Å². The van der Waals surface area contributed by atoms with Gasteiger partial charge in [-0.2, -0.15) is 0 Å². The molecule has 22 heavy (non-hydrogen) atoms. The molecule has 1 N–H and O–H groups in total. The number of nitrogens with one attached hydrogen (secondary N) is 1. The molecule has 6 heteroatoms. The number of rotatable bonds is 6. The van der Waals surface area contributed by atoms with Crippen LogP contribution in [-0.4, -0.2) is 29.8 Å². The molecule has 0 atom stereocenters. The highest BCUT2D eigenvalue weighted by atomic mass is 35.5. The summed E-state index contributed by atoms with van der Waals surface area (Å²) in [7, 11) is 0. The largest absolute Gasteiger partial charge is 0.467 e. The zero-order valence-electron chi connectivity index (χ0n) is 12.2. The van der Waals surface area contributed by atoms with Gasteiger partial charge in [0.1, 0.15) is 5.76 Å². The lowest BCUT2D eigenvalue weighted by atomic mass is 10.2. The molecular formula is C16H17ClN2O3. The standard InChI is InChI=1S/C16H17ClN2O3/c1-12(20)19(11-15-6-3-9-22-15)8-7-18-16(21)13-4-2-5-14(17)10-13/h2-6,9-10H,7-8,11H2,1H3,(H,18,21). The third-order valence-electron chi connectivity index (χ3n) is 3.13. The van der Waals surface area contributed by atoms with Gasteiger partial charge in [-0.1, -0.05) is 17.7 Å². The fourth-order valence-electron chi connectivity index (χ4n) is 1.97. The second-order valence-corrected chi connectivity index (χ2v) is 5.22. The van der Waals surface area contributed by atoms with Gasteiger partial charge in [-0.25, -0.2) is 0 Å². The highest BCUT2D eigenvalue weighted by Gasteiger charge is 2.12. The molecule has 0 aliphatic carbocycles. The number of carbonyl (C=O) groups excluding carboxylic acids is 2. The predicted molar refractivity (Wildman–Crippen MR) is 83.6 cm³/mol. The number of furan rings is 1. The van der Waals surface area contributed by atoms with Crippen LogP contribution in [0.15, 0.2) is 47.1 Å². The summed E-state index contributed by atoms with van der Waals surface area (Å²) >= 11 is 5.85. The van der Waals surface area contributed by atoms with Crippen molar-refractivity contribution >= 4 is 23.4 Å². The van der Waals surface area contributed by atoms with Crippen LogP contribution < -0.4 is 5.32 Å². The van der Waals surface area contributed by atoms with Crippen LogP contribution in [0.1, 0.15) is 23.0 Å². The number of nitrogens with zero attached hydrogens (tertiary/aromatic N) is 1. The quantitative estimate of drug-likeness (QED) is 0.890. The average molecular weight is 321 g/mol. The molecule has 1 aromatic carbocycles. The zero-order chi connectivity index (χ0) is 15.9. The fraction of sp³-hybridized carbons (Fsp3) is 0.250. The fourth-order valence-corrected chi connectivity index (χ4v) is 2.16. The van der Waals surface area contributed by atoms with E-state index in [1.807, 2.05) is 0 Å². The van der Waals surface area contributed by atoms with Gasteiger partial charge in [0.05, 0.1) is 12.8 Å². The van der Waals surface area contributed by atoms with Gasteiger partial charge >= 0.3 is 0 Å². The summed E-state index contributed by atoms with van der Waals surface area (Å²) in [6.45, 7) is 2.63. The smallest absolute Gasteiger partial charge is 0.251 e. The van der Waals surface area contributed by atoms with Crippen LogP contribution in [0.4, 0.5) is 0 Å². The molecule has 0 unspecified atom stereocenters. The number of amides is 2. The van der Waals surface area contributed by atoms with Crippen molar-refractivity contribution in [2.24, 2.45) is 0 Å². The molecule has 0 aliphatic rings. The minimum absolute atomic E-state index is 0.0756. The minimum atomic E-state index is -0.219. The molecule has 2 aromatic rings. The Bertz CT molecular complexity index is 641. The van der Waals surface area contributed by atoms with Crippen LogP contribution in [0, 0.1) is 0 Å². The monoisotopic (exact) mass is 320 g/mol. The van der Waals surface area contributed by atoms with Gasteiger partial charge in [0.25, 0.3) is 5.91 Å². The van der Waals surface area contributed by atoms with E-state index in [4.69, 9.17) is 16.0 Å². The minimum Gasteiger partial charge on any atom is -0.467 e. The van der Waals surface area contributed by atoms with E-state index in [9.17, 15) is 9.59 Å². The molecule has 116 valence electrons. The van der Waals surface area contributed by atoms with E-state index in [1.165, 1.54) is 6.92 Å². The molecule has 0 radical (unpaired) electrons. The number of hydrogen-bond donors (Lipinski definition) is 1. The Morgan fingerprint density at radius 2 is 2.09 bits per heavy atom. The molecule has 0 saturated carbocycles. The van der Waals surface area contributed by atoms with Gasteiger partial charge in [-0.3, -0.25) is 9.59 Å². The van der Waals surface area contributed by atoms with Gasteiger partial charge in [0.15, 0.2) is 0 Å². The molecule has 5 nitrogen and oxygen atoms in total. The Hall–Kier alpha value is -2.27. The van der Waals surface area contributed by atoms with E-state index >= 15 is 0 Å². The Morgan fingerprint density at radius 3 is 2.73 bits per heavy atom. The van der Waals surface area contributed by atoms with E-state index in [-0.39, 0.29) is 11.8 Å². The number of hydrogen-bond acceptors (Lipinski definition) is 3. The van der Waals surface area contributed by atoms with Crippen molar-refractivity contribution in [3.63, 3.8) is 0 Å². The molecule has 2 amide bonds. The molecule has 0 saturated heterocycles. The molecule has 0 spiro atoms. The van der Waals surface area contributed by atoms with Gasteiger partial charge in [0, 0.05) is 30.6 Å². The molecule has 0 fully saturated rings. The van der Waals surface area contributed by atoms with Crippen molar-refractivity contribution in [3.8, 4) is 0 Å². The zero-order valence-corrected chi connectivity index (χ0v) is 13.0. The topological polar surface area (TPSA) is 62.6 Å². The lowest BCUT2D eigenvalue weighted by molar-refractivity contribution is -0.129. The van der Waals surface area contributed by atoms with Crippen LogP contribution in [-0.2, 0) is 11.3 Å². The Balaban J connectivity index is 1.85. The Morgan fingerprint density at radius 1 is 1.27 bits per heavy atom. The molecule has 1 aromatic heterocycles. The molecule has 0 aliphatic heterocycles. The van der Waals surface area contributed by atoms with E-state index in [0.717, 1.165) is 0 Å². The first-order valence-corrected chi connectivity index (χ1v) is 7.25. The second kappa shape index (κ2) is 7.66. The molecular weight excluding hydrogens is 304 g/mol. The third-order valence-corrected chi connectivity index (χ3v) is 3.36. The van der Waals surface area contributed by atoms with Crippen molar-refractivity contribution in [3.05, 3.63) is 59.0 Å². The first-order valence-electron chi connectivity index (χ1n) is 6.88. The summed E-state index contributed by atoms with van der Waals surface area (Å²) < 4.78 is 5.23. The van der Waals surface area contributed by atoms with Crippen LogP contribution in [0.5, 0.6) is 0 Å². The summed E-state index contributed by atoms with van der Waals surface area (Å²) in [5.74, 6) is 0.411. The SMILES string of the molecule is CC(=O)N(CCNC(=O)c1cccc(Cl)c1)Cc1ccco1. The maximum atomic E-state index is 12.0. The average Bonchev–Trinajstić information content (AvgIpc) is 2.99. The second-order valence-electron chi connectivity index (χ2n) is 4.79. The van der Waals surface area contributed by atoms with Crippen molar-refractivity contribution in [1.29, 1.82) is 0 Å². The van der Waals surface area contributed by atoms with Crippen LogP contribution in [0.3, 0.4) is 0 Å². The Kier molecular flexibility index (Phi) is 5.61. The Labute approximate surface area is 133 Å². The number of halogens is 1. The van der Waals surface area contributed by atoms with Crippen LogP contribution in [0.25, 0.3) is 0 Å². The number of carbonyl (C=O) groups is 2. The predicted octanol–water partition coefficient (Wildman–Crippen LogP) is 2.71. The first-order chi connectivity index (χ1) is 10.6. The normalized spacial score (nSPS) is 10.3. The van der Waals surface area contributed by atoms with Crippen molar-refractivity contribution in [2.45, 2.75) is 13.5 Å². The van der Waals surface area contributed by atoms with E-state index in [1.54, 1.807) is 47.6 Å². The van der Waals surface area contributed by atoms with Crippen LogP contribution in [0.2, 0.25) is 5.02 Å².